The normalized spacial score (nSPS) is 15.2. The topological polar surface area (TPSA) is 44.5 Å². The summed E-state index contributed by atoms with van der Waals surface area (Å²) in [5, 5.41) is 0. The average molecular weight is 221 g/mol. The van der Waals surface area contributed by atoms with Crippen LogP contribution < -0.4 is 15.2 Å². The van der Waals surface area contributed by atoms with Crippen molar-refractivity contribution in [2.24, 2.45) is 5.92 Å². The highest BCUT2D eigenvalue weighted by atomic mass is 16.5. The maximum Gasteiger partial charge on any atom is 0.125 e. The summed E-state index contributed by atoms with van der Waals surface area (Å²) in [5.74, 6) is 2.33. The lowest BCUT2D eigenvalue weighted by atomic mass is 10.3. The Balaban J connectivity index is 2.01. The van der Waals surface area contributed by atoms with Crippen LogP contribution in [0.2, 0.25) is 0 Å². The first-order valence-electron chi connectivity index (χ1n) is 5.83. The molecule has 0 saturated heterocycles. The van der Waals surface area contributed by atoms with E-state index in [-0.39, 0.29) is 6.10 Å². The molecule has 0 amide bonds. The van der Waals surface area contributed by atoms with E-state index in [1.54, 1.807) is 0 Å². The van der Waals surface area contributed by atoms with Crippen LogP contribution in [-0.4, -0.2) is 12.7 Å². The number of nitrogen functional groups attached to an aromatic ring is 1. The smallest absolute Gasteiger partial charge is 0.125 e. The van der Waals surface area contributed by atoms with E-state index in [4.69, 9.17) is 15.2 Å². The van der Waals surface area contributed by atoms with Crippen molar-refractivity contribution in [2.45, 2.75) is 32.8 Å². The van der Waals surface area contributed by atoms with Crippen LogP contribution in [0.25, 0.3) is 0 Å². The van der Waals surface area contributed by atoms with Gasteiger partial charge in [0.1, 0.15) is 11.5 Å². The summed E-state index contributed by atoms with van der Waals surface area (Å²) in [4.78, 5) is 0. The van der Waals surface area contributed by atoms with Gasteiger partial charge in [-0.25, -0.2) is 0 Å². The van der Waals surface area contributed by atoms with Crippen LogP contribution in [0.4, 0.5) is 5.69 Å². The van der Waals surface area contributed by atoms with Gasteiger partial charge in [0.25, 0.3) is 0 Å². The van der Waals surface area contributed by atoms with Gasteiger partial charge in [0, 0.05) is 23.9 Å². The Kier molecular flexibility index (Phi) is 3.22. The summed E-state index contributed by atoms with van der Waals surface area (Å²) in [6, 6.07) is 5.57. The van der Waals surface area contributed by atoms with Gasteiger partial charge in [-0.05, 0) is 32.6 Å². The summed E-state index contributed by atoms with van der Waals surface area (Å²) in [6.45, 7) is 4.78. The predicted molar refractivity (Wildman–Crippen MR) is 64.8 cm³/mol. The minimum absolute atomic E-state index is 0.151. The molecule has 1 aliphatic carbocycles. The van der Waals surface area contributed by atoms with E-state index in [9.17, 15) is 0 Å². The molecule has 88 valence electrons. The Morgan fingerprint density at radius 2 is 1.94 bits per heavy atom. The number of nitrogens with two attached hydrogens (primary N) is 1. The van der Waals surface area contributed by atoms with Gasteiger partial charge in [0.2, 0.25) is 0 Å². The second-order valence-corrected chi connectivity index (χ2v) is 4.66. The molecule has 2 N–H and O–H groups in total. The maximum absolute atomic E-state index is 5.80. The van der Waals surface area contributed by atoms with E-state index in [2.05, 4.69) is 0 Å². The van der Waals surface area contributed by atoms with Crippen LogP contribution in [0.3, 0.4) is 0 Å². The number of hydrogen-bond donors (Lipinski definition) is 1. The van der Waals surface area contributed by atoms with Gasteiger partial charge in [-0.3, -0.25) is 0 Å². The molecule has 1 aromatic rings. The summed E-state index contributed by atoms with van der Waals surface area (Å²) >= 11 is 0. The van der Waals surface area contributed by atoms with Crippen LogP contribution in [0.5, 0.6) is 11.5 Å². The van der Waals surface area contributed by atoms with Crippen LogP contribution in [0.1, 0.15) is 26.7 Å². The van der Waals surface area contributed by atoms with Gasteiger partial charge < -0.3 is 15.2 Å². The van der Waals surface area contributed by atoms with Crippen molar-refractivity contribution in [2.75, 3.05) is 12.3 Å². The van der Waals surface area contributed by atoms with Crippen LogP contribution >= 0.6 is 0 Å². The fraction of sp³-hybridized carbons (Fsp3) is 0.538. The molecule has 3 heteroatoms. The lowest BCUT2D eigenvalue weighted by Crippen LogP contribution is -2.06. The molecule has 0 bridgehead atoms. The quantitative estimate of drug-likeness (QED) is 0.777. The number of hydrogen-bond acceptors (Lipinski definition) is 3. The van der Waals surface area contributed by atoms with Crippen molar-refractivity contribution < 1.29 is 9.47 Å². The third-order valence-corrected chi connectivity index (χ3v) is 2.46. The third-order valence-electron chi connectivity index (χ3n) is 2.46. The molecule has 0 radical (unpaired) electrons. The zero-order valence-electron chi connectivity index (χ0n) is 9.90. The van der Waals surface area contributed by atoms with Crippen LogP contribution in [0, 0.1) is 5.92 Å². The highest BCUT2D eigenvalue weighted by molar-refractivity contribution is 5.50. The van der Waals surface area contributed by atoms with Crippen molar-refractivity contribution in [3.8, 4) is 11.5 Å². The molecule has 1 saturated carbocycles. The number of ether oxygens (including phenoxy) is 2. The van der Waals surface area contributed by atoms with E-state index in [1.165, 1.54) is 12.8 Å². The van der Waals surface area contributed by atoms with Gasteiger partial charge in [-0.2, -0.15) is 0 Å². The first-order chi connectivity index (χ1) is 7.63. The van der Waals surface area contributed by atoms with E-state index < -0.39 is 0 Å². The van der Waals surface area contributed by atoms with Gasteiger partial charge in [-0.15, -0.1) is 0 Å². The summed E-state index contributed by atoms with van der Waals surface area (Å²) in [5.41, 5.74) is 6.48. The van der Waals surface area contributed by atoms with Crippen molar-refractivity contribution in [3.05, 3.63) is 18.2 Å². The van der Waals surface area contributed by atoms with E-state index in [1.807, 2.05) is 32.0 Å². The standard InChI is InChI=1S/C13H19NO2/c1-9(2)16-13-6-11(14)5-12(7-13)15-8-10-3-4-10/h5-7,9-10H,3-4,8,14H2,1-2H3. The van der Waals surface area contributed by atoms with Crippen LogP contribution in [0.15, 0.2) is 18.2 Å². The molecule has 0 spiro atoms. The number of rotatable bonds is 5. The van der Waals surface area contributed by atoms with E-state index >= 15 is 0 Å². The summed E-state index contributed by atoms with van der Waals surface area (Å²) in [6.07, 6.45) is 2.73. The first kappa shape index (κ1) is 11.1. The van der Waals surface area contributed by atoms with Crippen molar-refractivity contribution in [1.29, 1.82) is 0 Å². The lowest BCUT2D eigenvalue weighted by molar-refractivity contribution is 0.239. The van der Waals surface area contributed by atoms with Gasteiger partial charge >= 0.3 is 0 Å². The van der Waals surface area contributed by atoms with E-state index in [0.717, 1.165) is 24.0 Å². The fourth-order valence-corrected chi connectivity index (χ4v) is 1.52. The second kappa shape index (κ2) is 4.64. The Morgan fingerprint density at radius 3 is 2.56 bits per heavy atom. The van der Waals surface area contributed by atoms with Gasteiger partial charge in [0.15, 0.2) is 0 Å². The third kappa shape index (κ3) is 3.33. The Labute approximate surface area is 96.5 Å². The number of benzene rings is 1. The summed E-state index contributed by atoms with van der Waals surface area (Å²) in [7, 11) is 0. The molecule has 16 heavy (non-hydrogen) atoms. The summed E-state index contributed by atoms with van der Waals surface area (Å²) < 4.78 is 11.3. The Morgan fingerprint density at radius 1 is 1.25 bits per heavy atom. The first-order valence-corrected chi connectivity index (χ1v) is 5.83. The molecule has 2 rings (SSSR count). The molecule has 1 aliphatic rings. The minimum atomic E-state index is 0.151. The zero-order valence-corrected chi connectivity index (χ0v) is 9.90. The SMILES string of the molecule is CC(C)Oc1cc(N)cc(OCC2CC2)c1. The van der Waals surface area contributed by atoms with Crippen molar-refractivity contribution in [1.82, 2.24) is 0 Å². The second-order valence-electron chi connectivity index (χ2n) is 4.66. The molecule has 1 aromatic carbocycles. The minimum Gasteiger partial charge on any atom is -0.493 e. The molecule has 0 aromatic heterocycles. The van der Waals surface area contributed by atoms with E-state index in [0.29, 0.717) is 5.69 Å². The molecule has 1 fully saturated rings. The van der Waals surface area contributed by atoms with Crippen molar-refractivity contribution in [3.63, 3.8) is 0 Å². The Hall–Kier alpha value is -1.38. The average Bonchev–Trinajstić information content (AvgIpc) is 2.95. The molecular weight excluding hydrogens is 202 g/mol. The monoisotopic (exact) mass is 221 g/mol. The zero-order chi connectivity index (χ0) is 11.5. The fourth-order valence-electron chi connectivity index (χ4n) is 1.52. The highest BCUT2D eigenvalue weighted by Gasteiger charge is 2.22. The number of anilines is 1. The highest BCUT2D eigenvalue weighted by Crippen LogP contribution is 2.31. The maximum atomic E-state index is 5.80. The molecule has 0 unspecified atom stereocenters. The lowest BCUT2D eigenvalue weighted by Gasteiger charge is -2.12. The predicted octanol–water partition coefficient (Wildman–Crippen LogP) is 2.84. The molecular formula is C13H19NO2. The Bertz CT molecular complexity index is 359. The molecule has 3 nitrogen and oxygen atoms in total. The van der Waals surface area contributed by atoms with Crippen molar-refractivity contribution >= 4 is 5.69 Å². The van der Waals surface area contributed by atoms with Gasteiger partial charge in [0.05, 0.1) is 12.7 Å². The van der Waals surface area contributed by atoms with Crippen LogP contribution in [-0.2, 0) is 0 Å². The van der Waals surface area contributed by atoms with Gasteiger partial charge in [-0.1, -0.05) is 0 Å². The molecule has 0 heterocycles. The largest absolute Gasteiger partial charge is 0.493 e. The molecule has 0 aliphatic heterocycles. The molecule has 0 atom stereocenters.